The molecule has 1 aliphatic rings. The number of esters is 2. The van der Waals surface area contributed by atoms with Crippen LogP contribution >= 0.6 is 0 Å². The fraction of sp³-hybridized carbons (Fsp3) is 0.364. The number of carbonyl (C=O) groups excluding carboxylic acids is 2. The lowest BCUT2D eigenvalue weighted by atomic mass is 10.1. The molecule has 1 heterocycles. The largest absolute Gasteiger partial charge is 0.459 e. The smallest absolute Gasteiger partial charge is 0.338 e. The monoisotopic (exact) mass is 400 g/mol. The lowest BCUT2D eigenvalue weighted by Gasteiger charge is -2.23. The minimum Gasteiger partial charge on any atom is -0.459 e. The maximum Gasteiger partial charge on any atom is 0.338 e. The predicted octanol–water partition coefficient (Wildman–Crippen LogP) is 2.93. The highest BCUT2D eigenvalue weighted by molar-refractivity contribution is 5.90. The fourth-order valence-electron chi connectivity index (χ4n) is 2.94. The Morgan fingerprint density at radius 1 is 1.00 bits per heavy atom. The molecule has 1 unspecified atom stereocenters. The first-order chi connectivity index (χ1) is 13.8. The molecule has 0 spiro atoms. The maximum absolute atomic E-state index is 12.4. The van der Waals surface area contributed by atoms with Gasteiger partial charge in [-0.05, 0) is 38.1 Å². The average Bonchev–Trinajstić information content (AvgIpc) is 3.06. The van der Waals surface area contributed by atoms with Crippen LogP contribution in [0.15, 0.2) is 60.7 Å². The topological polar surface area (TPSA) is 91.3 Å². The van der Waals surface area contributed by atoms with Gasteiger partial charge in [-0.15, -0.1) is 0 Å². The van der Waals surface area contributed by atoms with Crippen molar-refractivity contribution in [2.24, 2.45) is 0 Å². The Hall–Kier alpha value is -2.74. The third kappa shape index (κ3) is 6.12. The summed E-state index contributed by atoms with van der Waals surface area (Å²) in [6, 6.07) is 17.1. The lowest BCUT2D eigenvalue weighted by molar-refractivity contribution is -0.270. The third-order valence-electron chi connectivity index (χ3n) is 4.24. The molecule has 7 nitrogen and oxygen atoms in total. The maximum atomic E-state index is 12.4. The summed E-state index contributed by atoms with van der Waals surface area (Å²) in [5.41, 5.74) is 0.812. The summed E-state index contributed by atoms with van der Waals surface area (Å²) >= 11 is 0. The normalized spacial score (nSPS) is 21.6. The van der Waals surface area contributed by atoms with Crippen LogP contribution in [0.4, 0.5) is 0 Å². The molecule has 1 aliphatic heterocycles. The molecule has 0 amide bonds. The van der Waals surface area contributed by atoms with Crippen molar-refractivity contribution < 1.29 is 33.6 Å². The molecule has 1 N–H and O–H groups in total. The highest BCUT2D eigenvalue weighted by Crippen LogP contribution is 2.28. The van der Waals surface area contributed by atoms with Gasteiger partial charge in [-0.2, -0.15) is 0 Å². The van der Waals surface area contributed by atoms with Gasteiger partial charge in [0, 0.05) is 6.42 Å². The Morgan fingerprint density at radius 3 is 2.10 bits per heavy atom. The second-order valence-electron chi connectivity index (χ2n) is 7.18. The average molecular weight is 400 g/mol. The van der Waals surface area contributed by atoms with Gasteiger partial charge in [0.1, 0.15) is 18.8 Å². The second-order valence-corrected chi connectivity index (χ2v) is 7.18. The summed E-state index contributed by atoms with van der Waals surface area (Å²) in [4.78, 5) is 24.6. The van der Waals surface area contributed by atoms with Crippen LogP contribution in [0.5, 0.6) is 0 Å². The second kappa shape index (κ2) is 9.17. The number of carbonyl (C=O) groups is 2. The van der Waals surface area contributed by atoms with E-state index in [0.29, 0.717) is 11.1 Å². The van der Waals surface area contributed by atoms with Crippen molar-refractivity contribution in [3.8, 4) is 0 Å². The number of rotatable bonds is 7. The number of ether oxygens (including phenoxy) is 4. The molecule has 154 valence electrons. The fourth-order valence-corrected chi connectivity index (χ4v) is 2.94. The van der Waals surface area contributed by atoms with Crippen molar-refractivity contribution in [2.75, 3.05) is 6.61 Å². The van der Waals surface area contributed by atoms with Crippen molar-refractivity contribution in [3.63, 3.8) is 0 Å². The molecule has 0 saturated carbocycles. The number of benzene rings is 2. The van der Waals surface area contributed by atoms with Crippen LogP contribution in [-0.2, 0) is 18.9 Å². The van der Waals surface area contributed by atoms with Crippen LogP contribution in [0.2, 0.25) is 0 Å². The highest BCUT2D eigenvalue weighted by Gasteiger charge is 2.41. The van der Waals surface area contributed by atoms with Gasteiger partial charge in [-0.25, -0.2) is 9.59 Å². The van der Waals surface area contributed by atoms with E-state index in [4.69, 9.17) is 18.9 Å². The Bertz CT molecular complexity index is 814. The Balaban J connectivity index is 1.65. The summed E-state index contributed by atoms with van der Waals surface area (Å²) in [5.74, 6) is -2.44. The van der Waals surface area contributed by atoms with Gasteiger partial charge < -0.3 is 24.1 Å². The molecule has 0 aromatic heterocycles. The Labute approximate surface area is 169 Å². The molecule has 2 aromatic carbocycles. The van der Waals surface area contributed by atoms with E-state index in [-0.39, 0.29) is 13.0 Å². The van der Waals surface area contributed by atoms with Crippen LogP contribution in [0.25, 0.3) is 0 Å². The molecular formula is C22H24O7. The zero-order chi connectivity index (χ0) is 20.9. The molecule has 1 saturated heterocycles. The molecule has 7 heteroatoms. The van der Waals surface area contributed by atoms with Crippen LogP contribution < -0.4 is 0 Å². The zero-order valence-corrected chi connectivity index (χ0v) is 16.3. The van der Waals surface area contributed by atoms with E-state index in [1.54, 1.807) is 60.7 Å². The first-order valence-electron chi connectivity index (χ1n) is 9.36. The Kier molecular flexibility index (Phi) is 6.64. The summed E-state index contributed by atoms with van der Waals surface area (Å²) in [6.07, 6.45) is -2.01. The lowest BCUT2D eigenvalue weighted by Crippen LogP contribution is -2.32. The molecule has 2 aromatic rings. The van der Waals surface area contributed by atoms with Crippen molar-refractivity contribution in [1.82, 2.24) is 0 Å². The number of hydrogen-bond donors (Lipinski definition) is 1. The van der Waals surface area contributed by atoms with E-state index in [0.717, 1.165) is 0 Å². The minimum atomic E-state index is -1.42. The minimum absolute atomic E-state index is 0.119. The molecule has 0 bridgehead atoms. The molecule has 0 aliphatic carbocycles. The van der Waals surface area contributed by atoms with Gasteiger partial charge in [0.05, 0.1) is 11.1 Å². The zero-order valence-electron chi connectivity index (χ0n) is 16.3. The van der Waals surface area contributed by atoms with Gasteiger partial charge >= 0.3 is 11.9 Å². The summed E-state index contributed by atoms with van der Waals surface area (Å²) in [5, 5.41) is 9.88. The van der Waals surface area contributed by atoms with Crippen molar-refractivity contribution in [3.05, 3.63) is 71.8 Å². The van der Waals surface area contributed by atoms with E-state index in [1.165, 1.54) is 13.8 Å². The van der Waals surface area contributed by atoms with Gasteiger partial charge in [0.2, 0.25) is 0 Å². The SMILES string of the molecule is CC(C)(O)O[C@@H]1CC(OC(=O)c2ccccc2)[C@@H](COC(=O)c2ccccc2)O1. The summed E-state index contributed by atoms with van der Waals surface area (Å²) < 4.78 is 22.1. The number of hydrogen-bond acceptors (Lipinski definition) is 7. The van der Waals surface area contributed by atoms with E-state index in [2.05, 4.69) is 0 Å². The van der Waals surface area contributed by atoms with Crippen LogP contribution in [-0.4, -0.2) is 47.9 Å². The molecule has 29 heavy (non-hydrogen) atoms. The van der Waals surface area contributed by atoms with Gasteiger partial charge in [-0.3, -0.25) is 0 Å². The molecule has 3 rings (SSSR count). The standard InChI is InChI=1S/C22H24O7/c1-22(2,25)29-19-13-17(28-21(24)16-11-7-4-8-12-16)18(27-19)14-26-20(23)15-9-5-3-6-10-15/h3-12,17-19,25H,13-14H2,1-2H3/t17?,18-,19-/m1/s1. The van der Waals surface area contributed by atoms with Gasteiger partial charge in [-0.1, -0.05) is 36.4 Å². The summed E-state index contributed by atoms with van der Waals surface area (Å²) in [7, 11) is 0. The van der Waals surface area contributed by atoms with Crippen LogP contribution in [0.3, 0.4) is 0 Å². The van der Waals surface area contributed by atoms with E-state index < -0.39 is 36.2 Å². The van der Waals surface area contributed by atoms with Crippen molar-refractivity contribution >= 4 is 11.9 Å². The van der Waals surface area contributed by atoms with Crippen LogP contribution in [0, 0.1) is 0 Å². The predicted molar refractivity (Wildman–Crippen MR) is 103 cm³/mol. The number of aliphatic hydroxyl groups is 1. The van der Waals surface area contributed by atoms with Gasteiger partial charge in [0.25, 0.3) is 0 Å². The first-order valence-corrected chi connectivity index (χ1v) is 9.36. The molecule has 1 fully saturated rings. The molecule has 0 radical (unpaired) electrons. The summed E-state index contributed by atoms with van der Waals surface area (Å²) in [6.45, 7) is 2.83. The van der Waals surface area contributed by atoms with E-state index in [9.17, 15) is 14.7 Å². The Morgan fingerprint density at radius 2 is 1.55 bits per heavy atom. The molecular weight excluding hydrogens is 376 g/mol. The highest BCUT2D eigenvalue weighted by atomic mass is 16.8. The first kappa shape index (κ1) is 21.0. The third-order valence-corrected chi connectivity index (χ3v) is 4.24. The molecule has 3 atom stereocenters. The van der Waals surface area contributed by atoms with E-state index >= 15 is 0 Å². The van der Waals surface area contributed by atoms with Gasteiger partial charge in [0.15, 0.2) is 12.1 Å². The quantitative estimate of drug-likeness (QED) is 0.564. The van der Waals surface area contributed by atoms with E-state index in [1.807, 2.05) is 0 Å². The van der Waals surface area contributed by atoms with Crippen LogP contribution in [0.1, 0.15) is 41.0 Å². The van der Waals surface area contributed by atoms with Crippen molar-refractivity contribution in [1.29, 1.82) is 0 Å². The van der Waals surface area contributed by atoms with Crippen molar-refractivity contribution in [2.45, 2.75) is 44.6 Å².